The number of pyridine rings is 1. The van der Waals surface area contributed by atoms with Crippen LogP contribution < -0.4 is 9.50 Å². The van der Waals surface area contributed by atoms with Gasteiger partial charge >= 0.3 is 16.1 Å². The second-order valence-electron chi connectivity index (χ2n) is 13.4. The van der Waals surface area contributed by atoms with Crippen LogP contribution in [0.4, 0.5) is 4.79 Å². The fraction of sp³-hybridized carbons (Fsp3) is 0.485. The summed E-state index contributed by atoms with van der Waals surface area (Å²) >= 11 is 0. The highest BCUT2D eigenvalue weighted by Gasteiger charge is 2.64. The van der Waals surface area contributed by atoms with Crippen LogP contribution in [0.5, 0.6) is 5.75 Å². The molecule has 3 heterocycles. The van der Waals surface area contributed by atoms with Crippen molar-refractivity contribution < 1.29 is 22.2 Å². The molecule has 43 heavy (non-hydrogen) atoms. The quantitative estimate of drug-likeness (QED) is 0.302. The van der Waals surface area contributed by atoms with E-state index >= 15 is 0 Å². The number of piperidine rings is 1. The Balaban J connectivity index is 0.913. The van der Waals surface area contributed by atoms with Crippen LogP contribution in [0.3, 0.4) is 0 Å². The summed E-state index contributed by atoms with van der Waals surface area (Å²) in [5.74, 6) is 2.81. The average Bonchev–Trinajstić information content (AvgIpc) is 3.58. The molecule has 2 aromatic carbocycles. The van der Waals surface area contributed by atoms with E-state index in [4.69, 9.17) is 4.18 Å². The Kier molecular flexibility index (Phi) is 6.31. The summed E-state index contributed by atoms with van der Waals surface area (Å²) in [5.41, 5.74) is 1.39. The number of carbonyl (C=O) groups excluding carboxylic acids is 2. The first-order valence-electron chi connectivity index (χ1n) is 15.5. The monoisotopic (exact) mass is 600 g/mol. The molecule has 1 aromatic heterocycles. The van der Waals surface area contributed by atoms with Gasteiger partial charge in [-0.15, -0.1) is 0 Å². The lowest BCUT2D eigenvalue weighted by Crippen LogP contribution is -2.55. The largest absolute Gasteiger partial charge is 0.379 e. The molecule has 0 spiro atoms. The molecule has 5 fully saturated rings. The number of amides is 3. The summed E-state index contributed by atoms with van der Waals surface area (Å²) in [6, 6.07) is 12.5. The van der Waals surface area contributed by atoms with Gasteiger partial charge in [0.15, 0.2) is 0 Å². The van der Waals surface area contributed by atoms with Gasteiger partial charge in [-0.3, -0.25) is 15.1 Å². The van der Waals surface area contributed by atoms with Crippen molar-refractivity contribution in [1.82, 2.24) is 20.1 Å². The minimum atomic E-state index is -4.08. The van der Waals surface area contributed by atoms with Crippen LogP contribution in [0.15, 0.2) is 65.8 Å². The summed E-state index contributed by atoms with van der Waals surface area (Å²) in [6.07, 6.45) is 11.0. The number of benzene rings is 2. The SMILES string of the molecule is O=C1NC(=O)N(C2CCN(CC34CC5CC(C3)C4C5)CC2)C1Cc1ccc(OS(=O)(=O)c2cccc3cnccc23)cc1. The van der Waals surface area contributed by atoms with E-state index < -0.39 is 16.2 Å². The third-order valence-corrected chi connectivity index (χ3v) is 12.3. The number of hydrogen-bond acceptors (Lipinski definition) is 7. The van der Waals surface area contributed by atoms with E-state index in [9.17, 15) is 18.0 Å². The minimum Gasteiger partial charge on any atom is -0.379 e. The Labute approximate surface area is 251 Å². The summed E-state index contributed by atoms with van der Waals surface area (Å²) in [5, 5.41) is 3.78. The van der Waals surface area contributed by atoms with Gasteiger partial charge < -0.3 is 14.0 Å². The van der Waals surface area contributed by atoms with Crippen molar-refractivity contribution in [2.45, 2.75) is 61.9 Å². The first-order valence-corrected chi connectivity index (χ1v) is 16.9. The van der Waals surface area contributed by atoms with E-state index in [1.165, 1.54) is 38.3 Å². The highest BCUT2D eigenvalue weighted by atomic mass is 32.2. The number of rotatable bonds is 8. The molecule has 5 aliphatic rings. The number of nitrogens with zero attached hydrogens (tertiary/aromatic N) is 3. The van der Waals surface area contributed by atoms with Crippen molar-refractivity contribution >= 4 is 32.8 Å². The van der Waals surface area contributed by atoms with Crippen LogP contribution in [0.25, 0.3) is 10.8 Å². The maximum atomic E-state index is 13.1. The molecule has 10 heteroatoms. The molecule has 8 rings (SSSR count). The number of nitrogens with one attached hydrogen (secondary N) is 1. The summed E-state index contributed by atoms with van der Waals surface area (Å²) in [7, 11) is -4.08. The number of imide groups is 1. The second kappa shape index (κ2) is 10.0. The van der Waals surface area contributed by atoms with E-state index in [2.05, 4.69) is 15.2 Å². The minimum absolute atomic E-state index is 0.0306. The van der Waals surface area contributed by atoms with Crippen molar-refractivity contribution in [3.05, 3.63) is 66.5 Å². The fourth-order valence-electron chi connectivity index (χ4n) is 9.27. The van der Waals surface area contributed by atoms with E-state index in [1.807, 2.05) is 0 Å². The molecule has 3 aromatic rings. The van der Waals surface area contributed by atoms with Crippen LogP contribution >= 0.6 is 0 Å². The van der Waals surface area contributed by atoms with E-state index in [0.717, 1.165) is 49.2 Å². The smallest absolute Gasteiger partial charge is 0.339 e. The highest BCUT2D eigenvalue weighted by molar-refractivity contribution is 7.87. The molecule has 9 nitrogen and oxygen atoms in total. The number of aromatic nitrogens is 1. The number of likely N-dealkylation sites (tertiary alicyclic amines) is 1. The number of fused-ring (bicyclic) bond motifs is 2. The fourth-order valence-corrected chi connectivity index (χ4v) is 10.4. The standard InChI is InChI=1S/C33H36N4O5S/c38-31-29(16-21-4-6-26(7-5-21)42-43(40,41)30-3-1-2-23-19-34-11-8-27(23)30)37(32(39)35-31)25-9-12-36(13-10-25)20-33-17-22-14-24(18-33)28(33)15-22/h1-8,11,19,22,24-25,28-29H,9-10,12-18,20H2,(H,35,38,39). The zero-order valence-electron chi connectivity index (χ0n) is 24.0. The highest BCUT2D eigenvalue weighted by Crippen LogP contribution is 2.71. The van der Waals surface area contributed by atoms with Gasteiger partial charge in [0.25, 0.3) is 5.91 Å². The second-order valence-corrected chi connectivity index (χ2v) is 15.0. The first kappa shape index (κ1) is 27.1. The molecule has 2 aliphatic heterocycles. The average molecular weight is 601 g/mol. The van der Waals surface area contributed by atoms with E-state index in [-0.39, 0.29) is 28.6 Å². The molecule has 3 aliphatic carbocycles. The Bertz CT molecular complexity index is 1700. The van der Waals surface area contributed by atoms with Gasteiger partial charge in [-0.05, 0) is 91.5 Å². The molecule has 2 saturated heterocycles. The summed E-state index contributed by atoms with van der Waals surface area (Å²) in [6.45, 7) is 3.13. The molecular formula is C33H36N4O5S. The maximum absolute atomic E-state index is 13.1. The van der Waals surface area contributed by atoms with E-state index in [1.54, 1.807) is 59.8 Å². The lowest BCUT2D eigenvalue weighted by molar-refractivity contribution is -0.122. The van der Waals surface area contributed by atoms with Gasteiger partial charge in [-0.1, -0.05) is 24.3 Å². The molecule has 0 radical (unpaired) electrons. The summed E-state index contributed by atoms with van der Waals surface area (Å²) in [4.78, 5) is 34.3. The van der Waals surface area contributed by atoms with Crippen LogP contribution in [0.1, 0.15) is 44.1 Å². The third-order valence-electron chi connectivity index (χ3n) is 11.0. The number of urea groups is 1. The molecule has 5 unspecified atom stereocenters. The van der Waals surface area contributed by atoms with Gasteiger partial charge in [0.05, 0.1) is 0 Å². The zero-order valence-corrected chi connectivity index (χ0v) is 24.8. The number of carbonyl (C=O) groups is 2. The Morgan fingerprint density at radius 1 is 1.00 bits per heavy atom. The topological polar surface area (TPSA) is 109 Å². The van der Waals surface area contributed by atoms with Crippen molar-refractivity contribution in [2.75, 3.05) is 19.6 Å². The summed E-state index contributed by atoms with van der Waals surface area (Å²) < 4.78 is 31.7. The van der Waals surface area contributed by atoms with Crippen molar-refractivity contribution in [3.63, 3.8) is 0 Å². The molecule has 224 valence electrons. The number of hydrogen-bond donors (Lipinski definition) is 1. The molecule has 5 atom stereocenters. The molecule has 1 N–H and O–H groups in total. The third kappa shape index (κ3) is 4.61. The van der Waals surface area contributed by atoms with Gasteiger partial charge in [-0.2, -0.15) is 8.42 Å². The first-order chi connectivity index (χ1) is 20.8. The van der Waals surface area contributed by atoms with Gasteiger partial charge in [0, 0.05) is 55.3 Å². The van der Waals surface area contributed by atoms with Gasteiger partial charge in [-0.25, -0.2) is 4.79 Å². The van der Waals surface area contributed by atoms with Crippen molar-refractivity contribution in [3.8, 4) is 5.75 Å². The predicted molar refractivity (Wildman–Crippen MR) is 160 cm³/mol. The van der Waals surface area contributed by atoms with Crippen molar-refractivity contribution in [1.29, 1.82) is 0 Å². The van der Waals surface area contributed by atoms with Crippen LogP contribution in [-0.2, 0) is 21.3 Å². The van der Waals surface area contributed by atoms with Crippen molar-refractivity contribution in [2.24, 2.45) is 23.2 Å². The normalized spacial score (nSPS) is 30.6. The molecular weight excluding hydrogens is 564 g/mol. The van der Waals surface area contributed by atoms with Gasteiger partial charge in [0.2, 0.25) is 0 Å². The molecule has 3 saturated carbocycles. The maximum Gasteiger partial charge on any atom is 0.339 e. The zero-order chi connectivity index (χ0) is 29.3. The lowest BCUT2D eigenvalue weighted by atomic mass is 9.52. The molecule has 2 bridgehead atoms. The lowest BCUT2D eigenvalue weighted by Gasteiger charge is -2.56. The van der Waals surface area contributed by atoms with E-state index in [0.29, 0.717) is 22.6 Å². The Morgan fingerprint density at radius 2 is 1.81 bits per heavy atom. The van der Waals surface area contributed by atoms with Crippen LogP contribution in [0.2, 0.25) is 0 Å². The van der Waals surface area contributed by atoms with Crippen LogP contribution in [-0.4, -0.2) is 66.9 Å². The predicted octanol–water partition coefficient (Wildman–Crippen LogP) is 4.37. The Hall–Kier alpha value is -3.50. The Morgan fingerprint density at radius 3 is 2.56 bits per heavy atom. The van der Waals surface area contributed by atoms with Crippen LogP contribution in [0, 0.1) is 23.2 Å². The van der Waals surface area contributed by atoms with Gasteiger partial charge in [0.1, 0.15) is 16.7 Å². The molecule has 3 amide bonds.